The minimum absolute atomic E-state index is 0.00528. The van der Waals surface area contributed by atoms with Gasteiger partial charge >= 0.3 is 5.97 Å². The number of likely N-dealkylation sites (N-methyl/N-ethyl adjacent to an activating group) is 3. The third-order valence-electron chi connectivity index (χ3n) is 23.8. The van der Waals surface area contributed by atoms with E-state index in [0.717, 1.165) is 36.3 Å². The molecule has 0 saturated carbocycles. The zero-order valence-electron chi connectivity index (χ0n) is 75.4. The summed E-state index contributed by atoms with van der Waals surface area (Å²) in [5, 5.41) is 56.4. The SMILES string of the molecule is CCCC[C@H]1C(=O)N(C)[C@@H](CCCC)C(=O)N[C@@H](C)C(=O)N[C@H](C(=O)NCC(N)=O)CSCC(=O)N[C@@H](Cc2ccc(O)cc2)C(=O)N(C)[C@@H](C)C(=O)N[C@@H](CC(N)=O)C(=O)N2CCC[C@H]2C(=O)N[C@@H](CN)C(=O)N[C@@H](CC(C)C)C(=O)N2C[C@H](O)C[C@H]2C(=O)C[C@@H](Cc2c[nH]c3ccccc23)C(=O)N[C@@H](CCN)C(=O)N[C@@H](Cc2cn(CC(=O)O)c3ccccc23)C(=O)N1C. The van der Waals surface area contributed by atoms with Crippen LogP contribution in [0.4, 0.5) is 0 Å². The van der Waals surface area contributed by atoms with E-state index in [4.69, 9.17) is 22.9 Å². The predicted octanol–water partition coefficient (Wildman–Crippen LogP) is -2.17. The van der Waals surface area contributed by atoms with Crippen molar-refractivity contribution in [1.29, 1.82) is 0 Å². The number of carboxylic acid groups (broad SMARTS) is 1. The number of para-hydroxylation sites is 2. The van der Waals surface area contributed by atoms with Gasteiger partial charge in [-0.25, -0.2) is 0 Å². The van der Waals surface area contributed by atoms with Gasteiger partial charge in [-0.3, -0.25) is 86.3 Å². The molecule has 5 aromatic rings. The molecule has 0 bridgehead atoms. The van der Waals surface area contributed by atoms with Crippen LogP contribution in [0.5, 0.6) is 5.75 Å². The Morgan fingerprint density at radius 3 is 1.84 bits per heavy atom. The van der Waals surface area contributed by atoms with Crippen molar-refractivity contribution >= 4 is 140 Å². The van der Waals surface area contributed by atoms with Crippen LogP contribution in [0.15, 0.2) is 85.2 Å². The lowest BCUT2D eigenvalue weighted by atomic mass is 9.90. The number of phenolic OH excluding ortho intramolecular Hbond substituents is 1. The van der Waals surface area contributed by atoms with Gasteiger partial charge in [-0.2, -0.15) is 0 Å². The smallest absolute Gasteiger partial charge is 0.323 e. The Morgan fingerprint density at radius 1 is 0.588 bits per heavy atom. The van der Waals surface area contributed by atoms with Crippen molar-refractivity contribution in [1.82, 2.24) is 81.9 Å². The van der Waals surface area contributed by atoms with Gasteiger partial charge < -0.3 is 120 Å². The largest absolute Gasteiger partial charge is 0.508 e. The molecule has 5 heterocycles. The number of rotatable bonds is 24. The van der Waals surface area contributed by atoms with E-state index in [-0.39, 0.29) is 89.0 Å². The lowest BCUT2D eigenvalue weighted by Crippen LogP contribution is -2.61. The number of H-pyrrole nitrogens is 1. The molecule has 0 aliphatic carbocycles. The Bertz CT molecular complexity index is 4970. The number of carbonyl (C=O) groups is 18. The first-order valence-electron chi connectivity index (χ1n) is 44.2. The molecule has 714 valence electrons. The van der Waals surface area contributed by atoms with E-state index >= 15 is 28.8 Å². The second kappa shape index (κ2) is 48.9. The summed E-state index contributed by atoms with van der Waals surface area (Å²) in [6.07, 6.45) is 0.767. The second-order valence-corrected chi connectivity index (χ2v) is 35.2. The van der Waals surface area contributed by atoms with Crippen LogP contribution in [0.3, 0.4) is 0 Å². The van der Waals surface area contributed by atoms with Gasteiger partial charge in [0, 0.05) is 112 Å². The Balaban J connectivity index is 1.19. The number of carbonyl (C=O) groups excluding carboxylic acids is 17. The minimum Gasteiger partial charge on any atom is -0.508 e. The van der Waals surface area contributed by atoms with Crippen molar-refractivity contribution in [2.75, 3.05) is 65.4 Å². The lowest BCUT2D eigenvalue weighted by Gasteiger charge is -2.36. The Morgan fingerprint density at radius 2 is 1.19 bits per heavy atom. The van der Waals surface area contributed by atoms with Crippen molar-refractivity contribution in [2.24, 2.45) is 34.8 Å². The van der Waals surface area contributed by atoms with E-state index in [1.54, 1.807) is 68.6 Å². The number of carboxylic acids is 1. The molecule has 3 saturated heterocycles. The molecule has 16 amide bonds. The molecule has 21 N–H and O–H groups in total. The monoisotopic (exact) mass is 1840 g/mol. The van der Waals surface area contributed by atoms with Crippen LogP contribution in [0, 0.1) is 11.8 Å². The molecule has 42 heteroatoms. The van der Waals surface area contributed by atoms with Gasteiger partial charge in [0.05, 0.1) is 30.9 Å². The number of aromatic nitrogens is 2. The second-order valence-electron chi connectivity index (χ2n) is 34.2. The van der Waals surface area contributed by atoms with Crippen molar-refractivity contribution in [2.45, 2.75) is 235 Å². The molecule has 2 aromatic heterocycles. The Labute approximate surface area is 762 Å². The fourth-order valence-electron chi connectivity index (χ4n) is 16.5. The molecule has 3 aromatic carbocycles. The van der Waals surface area contributed by atoms with Crippen molar-refractivity contribution in [3.63, 3.8) is 0 Å². The van der Waals surface area contributed by atoms with E-state index in [9.17, 15) is 72.9 Å². The lowest BCUT2D eigenvalue weighted by molar-refractivity contribution is -0.149. The number of aromatic hydroxyl groups is 1. The fourth-order valence-corrected chi connectivity index (χ4v) is 17.4. The number of unbranched alkanes of at least 4 members (excludes halogenated alkanes) is 2. The number of nitrogens with two attached hydrogens (primary N) is 4. The third kappa shape index (κ3) is 28.5. The zero-order chi connectivity index (χ0) is 96.4. The highest BCUT2D eigenvalue weighted by atomic mass is 32.2. The Hall–Kier alpha value is -12.6. The summed E-state index contributed by atoms with van der Waals surface area (Å²) in [4.78, 5) is 269. The van der Waals surface area contributed by atoms with E-state index in [0.29, 0.717) is 64.2 Å². The number of hydrogen-bond acceptors (Lipinski definition) is 23. The minimum atomic E-state index is -1.76. The number of phenols is 1. The van der Waals surface area contributed by atoms with Crippen LogP contribution in [0.25, 0.3) is 21.8 Å². The van der Waals surface area contributed by atoms with Gasteiger partial charge in [-0.15, -0.1) is 11.8 Å². The average molecular weight is 1840 g/mol. The summed E-state index contributed by atoms with van der Waals surface area (Å²) in [5.74, 6) is -19.4. The molecule has 8 rings (SSSR count). The molecular formula is C89H126N20O21S. The summed E-state index contributed by atoms with van der Waals surface area (Å²) < 4.78 is 1.44. The van der Waals surface area contributed by atoms with Gasteiger partial charge in [0.15, 0.2) is 5.78 Å². The van der Waals surface area contributed by atoms with Crippen LogP contribution >= 0.6 is 11.8 Å². The number of thioether (sulfide) groups is 1. The van der Waals surface area contributed by atoms with E-state index in [1.165, 1.54) is 70.0 Å². The number of ketones is 1. The number of amides is 16. The molecule has 41 nitrogen and oxygen atoms in total. The van der Waals surface area contributed by atoms with Gasteiger partial charge in [0.2, 0.25) is 94.5 Å². The highest BCUT2D eigenvalue weighted by Gasteiger charge is 2.47. The summed E-state index contributed by atoms with van der Waals surface area (Å²) in [5.41, 5.74) is 26.0. The first kappa shape index (κ1) is 104. The molecule has 0 radical (unpaired) electrons. The highest BCUT2D eigenvalue weighted by molar-refractivity contribution is 8.00. The number of fused-ring (bicyclic) bond motifs is 4. The van der Waals surface area contributed by atoms with E-state index in [1.807, 2.05) is 13.8 Å². The molecule has 15 atom stereocenters. The van der Waals surface area contributed by atoms with Gasteiger partial charge in [-0.05, 0) is 112 Å². The first-order chi connectivity index (χ1) is 62.2. The zero-order valence-corrected chi connectivity index (χ0v) is 76.2. The third-order valence-corrected chi connectivity index (χ3v) is 24.8. The van der Waals surface area contributed by atoms with Gasteiger partial charge in [0.25, 0.3) is 0 Å². The maximum atomic E-state index is 15.9. The maximum absolute atomic E-state index is 15.9. The standard InChI is InChI=1S/C89H126N20O21S/c1-10-12-22-68-83(124)96-49(5)77(118)103-66(80(121)95-42-74(93)114)46-131-47-75(115)97-62(34-51-26-28-55(110)29-27-51)85(126)104(7)50(6)78(119)99-64(39-73(92)113)87(128)108-32-18-25-69(108)84(125)102-65(40-91)82(123)100-61(33-48(3)4)88(129)109-44-56(111)38-71(109)72(112)37-52(35-53-41-94-59-21-16-14-19-57(53)59)79(120)98-60(30-31-90)81(122)101-63(86(127)106(9)70(23-13-11-2)89(130)105(68)8)36-54-43-107(45-76(116)117)67-24-17-15-20-58(54)67/h14-17,19-21,24,26-29,41,43,48-50,52,56,60-66,68-71,94,110-111H,10-13,18,22-23,25,30-40,42,44-47,90-91H2,1-9H3,(H2,92,113)(H2,93,114)(H,95,121)(H,96,124)(H,97,115)(H,98,120)(H,99,119)(H,100,123)(H,101,122)(H,102,125)(H,103,118)(H,116,117)/t49-,50-,52+,56+,60-,61-,62-,63-,64-,65-,66-,68-,69-,70-,71-/m0/s1. The maximum Gasteiger partial charge on any atom is 0.323 e. The first-order valence-corrected chi connectivity index (χ1v) is 45.3. The summed E-state index contributed by atoms with van der Waals surface area (Å²) in [6, 6.07) is -0.212. The molecular weight excluding hydrogens is 1720 g/mol. The van der Waals surface area contributed by atoms with Crippen LogP contribution in [-0.2, 0) is 112 Å². The van der Waals surface area contributed by atoms with Crippen LogP contribution in [0.1, 0.15) is 142 Å². The normalized spacial score (nSPS) is 25.3. The van der Waals surface area contributed by atoms with Crippen LogP contribution in [-0.4, -0.2) is 306 Å². The molecule has 0 unspecified atom stereocenters. The predicted molar refractivity (Wildman–Crippen MR) is 482 cm³/mol. The summed E-state index contributed by atoms with van der Waals surface area (Å²) in [6.45, 7) is 7.14. The van der Waals surface area contributed by atoms with E-state index < -0.39 is 247 Å². The fraction of sp³-hybridized carbons (Fsp3) is 0.551. The van der Waals surface area contributed by atoms with Crippen molar-refractivity contribution < 1.29 is 102 Å². The number of aliphatic hydroxyl groups excluding tert-OH is 1. The highest BCUT2D eigenvalue weighted by Crippen LogP contribution is 2.31. The average Bonchev–Trinajstić information content (AvgIpc) is 1.68. The number of nitrogens with zero attached hydrogens (tertiary/aromatic N) is 6. The number of primary amides is 2. The van der Waals surface area contributed by atoms with E-state index in [2.05, 4.69) is 52.8 Å². The van der Waals surface area contributed by atoms with Gasteiger partial charge in [0.1, 0.15) is 84.8 Å². The van der Waals surface area contributed by atoms with Crippen LogP contribution in [0.2, 0.25) is 0 Å². The number of aromatic amines is 1. The number of benzene rings is 3. The van der Waals surface area contributed by atoms with Gasteiger partial charge in [-0.1, -0.05) is 102 Å². The Kier molecular flexibility index (Phi) is 38.7. The number of hydrogen-bond donors (Lipinski definition) is 17. The topological polar surface area (TPSA) is 617 Å². The van der Waals surface area contributed by atoms with Crippen molar-refractivity contribution in [3.8, 4) is 5.75 Å². The number of aliphatic hydroxyl groups is 1. The van der Waals surface area contributed by atoms with Crippen LogP contribution < -0.4 is 70.8 Å². The molecule has 131 heavy (non-hydrogen) atoms. The number of nitrogens with one attached hydrogen (secondary N) is 10. The molecule has 3 aliphatic rings. The molecule has 0 spiro atoms. The van der Waals surface area contributed by atoms with Crippen molar-refractivity contribution in [3.05, 3.63) is 102 Å². The summed E-state index contributed by atoms with van der Waals surface area (Å²) in [7, 11) is 3.89. The quantitative estimate of drug-likeness (QED) is 0.0312. The number of aliphatic carboxylic acids is 1. The summed E-state index contributed by atoms with van der Waals surface area (Å²) >= 11 is 0.773. The molecule has 3 fully saturated rings. The molecule has 3 aliphatic heterocycles. The number of Topliss-reactive ketones (excluding diaryl/α,β-unsaturated/α-hetero) is 1.